The van der Waals surface area contributed by atoms with Gasteiger partial charge >= 0.3 is 0 Å². The van der Waals surface area contributed by atoms with Gasteiger partial charge in [-0.15, -0.1) is 0 Å². The Bertz CT molecular complexity index is 243. The summed E-state index contributed by atoms with van der Waals surface area (Å²) in [5, 5.41) is 3.03. The minimum atomic E-state index is -0.392. The molecule has 1 heterocycles. The number of hydrogen-bond acceptors (Lipinski definition) is 3. The lowest BCUT2D eigenvalue weighted by molar-refractivity contribution is -0.136. The van der Waals surface area contributed by atoms with Gasteiger partial charge in [-0.25, -0.2) is 0 Å². The van der Waals surface area contributed by atoms with Gasteiger partial charge in [0.2, 0.25) is 11.8 Å². The van der Waals surface area contributed by atoms with Crippen molar-refractivity contribution in [3.63, 3.8) is 0 Å². The quantitative estimate of drug-likeness (QED) is 0.602. The highest BCUT2D eigenvalue weighted by atomic mass is 16.2. The van der Waals surface area contributed by atoms with E-state index in [1.54, 1.807) is 4.90 Å². The van der Waals surface area contributed by atoms with Gasteiger partial charge in [0, 0.05) is 6.54 Å². The molecule has 1 rings (SSSR count). The Morgan fingerprint density at radius 1 is 1.53 bits per heavy atom. The zero-order valence-electron chi connectivity index (χ0n) is 9.16. The number of carbonyl (C=O) groups is 2. The van der Waals surface area contributed by atoms with E-state index in [4.69, 9.17) is 5.73 Å². The normalized spacial score (nSPS) is 20.6. The molecule has 0 aromatic rings. The van der Waals surface area contributed by atoms with Gasteiger partial charge in [-0.3, -0.25) is 9.59 Å². The molecule has 0 aliphatic carbocycles. The predicted octanol–water partition coefficient (Wildman–Crippen LogP) is -0.538. The molecule has 5 heteroatoms. The second-order valence-corrected chi connectivity index (χ2v) is 3.82. The maximum atomic E-state index is 11.7. The molecule has 0 aromatic carbocycles. The summed E-state index contributed by atoms with van der Waals surface area (Å²) < 4.78 is 0. The summed E-state index contributed by atoms with van der Waals surface area (Å²) in [5.41, 5.74) is 5.23. The average molecular weight is 213 g/mol. The molecule has 1 unspecified atom stereocenters. The van der Waals surface area contributed by atoms with E-state index < -0.39 is 5.91 Å². The Labute approximate surface area is 90.0 Å². The Morgan fingerprint density at radius 3 is 2.87 bits per heavy atom. The minimum Gasteiger partial charge on any atom is -0.368 e. The van der Waals surface area contributed by atoms with Gasteiger partial charge < -0.3 is 16.0 Å². The summed E-state index contributed by atoms with van der Waals surface area (Å²) in [6, 6.07) is -0.388. The fourth-order valence-corrected chi connectivity index (χ4v) is 1.83. The minimum absolute atomic E-state index is 0.0234. The van der Waals surface area contributed by atoms with Crippen molar-refractivity contribution in [2.45, 2.75) is 32.2 Å². The number of amides is 2. The van der Waals surface area contributed by atoms with Crippen LogP contribution in [-0.4, -0.2) is 42.4 Å². The SMILES string of the molecule is CCCNCC(=O)N1CCCC1C(N)=O. The average Bonchev–Trinajstić information content (AvgIpc) is 2.66. The van der Waals surface area contributed by atoms with Gasteiger partial charge in [-0.1, -0.05) is 6.92 Å². The summed E-state index contributed by atoms with van der Waals surface area (Å²) in [6.45, 7) is 3.82. The van der Waals surface area contributed by atoms with E-state index >= 15 is 0 Å². The number of likely N-dealkylation sites (tertiary alicyclic amines) is 1. The van der Waals surface area contributed by atoms with E-state index in [2.05, 4.69) is 5.32 Å². The van der Waals surface area contributed by atoms with Crippen LogP contribution in [0.5, 0.6) is 0 Å². The van der Waals surface area contributed by atoms with Crippen LogP contribution in [0.15, 0.2) is 0 Å². The van der Waals surface area contributed by atoms with Gasteiger partial charge in [0.25, 0.3) is 0 Å². The van der Waals surface area contributed by atoms with Crippen LogP contribution in [0.1, 0.15) is 26.2 Å². The van der Waals surface area contributed by atoms with E-state index in [9.17, 15) is 9.59 Å². The van der Waals surface area contributed by atoms with Crippen LogP contribution in [-0.2, 0) is 9.59 Å². The smallest absolute Gasteiger partial charge is 0.240 e. The zero-order chi connectivity index (χ0) is 11.3. The van der Waals surface area contributed by atoms with E-state index in [0.717, 1.165) is 19.4 Å². The summed E-state index contributed by atoms with van der Waals surface area (Å²) in [7, 11) is 0. The molecule has 2 amide bonds. The number of nitrogens with two attached hydrogens (primary N) is 1. The van der Waals surface area contributed by atoms with Crippen molar-refractivity contribution in [1.29, 1.82) is 0 Å². The molecule has 0 radical (unpaired) electrons. The summed E-state index contributed by atoms with van der Waals surface area (Å²) in [5.74, 6) is -0.416. The molecule has 5 nitrogen and oxygen atoms in total. The second kappa shape index (κ2) is 5.70. The molecule has 1 fully saturated rings. The highest BCUT2D eigenvalue weighted by Gasteiger charge is 2.31. The number of rotatable bonds is 5. The first kappa shape index (κ1) is 12.0. The van der Waals surface area contributed by atoms with Crippen molar-refractivity contribution in [3.05, 3.63) is 0 Å². The Morgan fingerprint density at radius 2 is 2.27 bits per heavy atom. The fraction of sp³-hybridized carbons (Fsp3) is 0.800. The molecule has 86 valence electrons. The topological polar surface area (TPSA) is 75.4 Å². The van der Waals surface area contributed by atoms with Crippen LogP contribution >= 0.6 is 0 Å². The largest absolute Gasteiger partial charge is 0.368 e. The molecule has 1 saturated heterocycles. The maximum Gasteiger partial charge on any atom is 0.240 e. The molecule has 0 spiro atoms. The number of nitrogens with zero attached hydrogens (tertiary/aromatic N) is 1. The molecule has 1 aliphatic rings. The van der Waals surface area contributed by atoms with Gasteiger partial charge in [-0.2, -0.15) is 0 Å². The summed E-state index contributed by atoms with van der Waals surface area (Å²) >= 11 is 0. The van der Waals surface area contributed by atoms with Gasteiger partial charge in [0.15, 0.2) is 0 Å². The molecule has 1 atom stereocenters. The molecule has 15 heavy (non-hydrogen) atoms. The number of nitrogens with one attached hydrogen (secondary N) is 1. The first-order valence-electron chi connectivity index (χ1n) is 5.46. The van der Waals surface area contributed by atoms with Gasteiger partial charge in [-0.05, 0) is 25.8 Å². The Hall–Kier alpha value is -1.10. The van der Waals surface area contributed by atoms with Gasteiger partial charge in [0.1, 0.15) is 6.04 Å². The molecule has 0 aromatic heterocycles. The van der Waals surface area contributed by atoms with Crippen molar-refractivity contribution in [2.75, 3.05) is 19.6 Å². The first-order chi connectivity index (χ1) is 7.16. The second-order valence-electron chi connectivity index (χ2n) is 3.82. The molecule has 0 saturated carbocycles. The zero-order valence-corrected chi connectivity index (χ0v) is 9.16. The van der Waals surface area contributed by atoms with Crippen LogP contribution in [0.25, 0.3) is 0 Å². The fourth-order valence-electron chi connectivity index (χ4n) is 1.83. The van der Waals surface area contributed by atoms with E-state index in [1.807, 2.05) is 6.92 Å². The monoisotopic (exact) mass is 213 g/mol. The van der Waals surface area contributed by atoms with Crippen LogP contribution in [0, 0.1) is 0 Å². The lowest BCUT2D eigenvalue weighted by Gasteiger charge is -2.22. The number of hydrogen-bond donors (Lipinski definition) is 2. The summed E-state index contributed by atoms with van der Waals surface area (Å²) in [4.78, 5) is 24.3. The van der Waals surface area contributed by atoms with Crippen LogP contribution < -0.4 is 11.1 Å². The molecular weight excluding hydrogens is 194 g/mol. The maximum absolute atomic E-state index is 11.7. The molecular formula is C10H19N3O2. The third kappa shape index (κ3) is 3.20. The lowest BCUT2D eigenvalue weighted by atomic mass is 10.2. The van der Waals surface area contributed by atoms with Crippen LogP contribution in [0.2, 0.25) is 0 Å². The Kier molecular flexibility index (Phi) is 4.55. The highest BCUT2D eigenvalue weighted by molar-refractivity contribution is 5.88. The van der Waals surface area contributed by atoms with Crippen molar-refractivity contribution < 1.29 is 9.59 Å². The van der Waals surface area contributed by atoms with E-state index in [0.29, 0.717) is 19.5 Å². The third-order valence-corrected chi connectivity index (χ3v) is 2.60. The number of primary amides is 1. The van der Waals surface area contributed by atoms with Crippen molar-refractivity contribution in [3.8, 4) is 0 Å². The van der Waals surface area contributed by atoms with E-state index in [1.165, 1.54) is 0 Å². The van der Waals surface area contributed by atoms with Crippen LogP contribution in [0.3, 0.4) is 0 Å². The van der Waals surface area contributed by atoms with Crippen molar-refractivity contribution in [2.24, 2.45) is 5.73 Å². The third-order valence-electron chi connectivity index (χ3n) is 2.60. The predicted molar refractivity (Wildman–Crippen MR) is 57.1 cm³/mol. The van der Waals surface area contributed by atoms with E-state index in [-0.39, 0.29) is 11.9 Å². The Balaban J connectivity index is 2.40. The van der Waals surface area contributed by atoms with Crippen molar-refractivity contribution in [1.82, 2.24) is 10.2 Å². The highest BCUT2D eigenvalue weighted by Crippen LogP contribution is 2.16. The first-order valence-corrected chi connectivity index (χ1v) is 5.46. The standard InChI is InChI=1S/C10H19N3O2/c1-2-5-12-7-9(14)13-6-3-4-8(13)10(11)15/h8,12H,2-7H2,1H3,(H2,11,15). The van der Waals surface area contributed by atoms with Gasteiger partial charge in [0.05, 0.1) is 6.54 Å². The molecule has 3 N–H and O–H groups in total. The lowest BCUT2D eigenvalue weighted by Crippen LogP contribution is -2.46. The molecule has 1 aliphatic heterocycles. The summed E-state index contributed by atoms with van der Waals surface area (Å²) in [6.07, 6.45) is 2.56. The molecule has 0 bridgehead atoms. The number of carbonyl (C=O) groups excluding carboxylic acids is 2. The van der Waals surface area contributed by atoms with Crippen LogP contribution in [0.4, 0.5) is 0 Å². The van der Waals surface area contributed by atoms with Crippen molar-refractivity contribution >= 4 is 11.8 Å².